The number of anilines is 1. The number of para-hydroxylation sites is 1. The monoisotopic (exact) mass is 628 g/mol. The number of aromatic nitrogens is 4. The minimum absolute atomic E-state index is 0.170. The first kappa shape index (κ1) is 32.1. The van der Waals surface area contributed by atoms with Gasteiger partial charge in [0.05, 0.1) is 24.9 Å². The Bertz CT molecular complexity index is 1450. The van der Waals surface area contributed by atoms with E-state index < -0.39 is 62.5 Å². The second-order valence-corrected chi connectivity index (χ2v) is 12.4. The van der Waals surface area contributed by atoms with Crippen LogP contribution in [-0.4, -0.2) is 87.2 Å². The number of hydrogen-bond donors (Lipinski definition) is 2. The second-order valence-electron chi connectivity index (χ2n) is 10.4. The number of hydrogen-bond acceptors (Lipinski definition) is 11. The summed E-state index contributed by atoms with van der Waals surface area (Å²) in [6, 6.07) is 7.00. The lowest BCUT2D eigenvalue weighted by molar-refractivity contribution is -0.149. The molecule has 3 aromatic rings. The molecule has 0 saturated carbocycles. The fraction of sp³-hybridized carbons (Fsp3) is 0.538. The molecule has 1 fully saturated rings. The molecular weight excluding hydrogens is 594 g/mol. The number of nitrogens with one attached hydrogen (secondary N) is 1. The number of benzene rings is 1. The number of halogens is 2. The summed E-state index contributed by atoms with van der Waals surface area (Å²) >= 11 is 6.25. The SMILES string of the molecule is Cc1nc(N(C)C)c2ncn([C@@H]3O[C@](CCl)(CO[P@](=O)(N[C@H](C)C(=O)OC(C)C)Oc4ccccc4)[C@@H](O)[C@H]3F)c2n1. The molecule has 16 heteroatoms. The van der Waals surface area contributed by atoms with E-state index in [0.717, 1.165) is 0 Å². The minimum Gasteiger partial charge on any atom is -0.462 e. The molecule has 0 radical (unpaired) electrons. The van der Waals surface area contributed by atoms with Gasteiger partial charge in [0.15, 0.2) is 29.4 Å². The van der Waals surface area contributed by atoms with Crippen molar-refractivity contribution in [3.63, 3.8) is 0 Å². The van der Waals surface area contributed by atoms with Crippen LogP contribution in [0.5, 0.6) is 5.75 Å². The van der Waals surface area contributed by atoms with E-state index in [-0.39, 0.29) is 11.4 Å². The number of rotatable bonds is 12. The summed E-state index contributed by atoms with van der Waals surface area (Å²) in [7, 11) is -0.783. The van der Waals surface area contributed by atoms with Gasteiger partial charge in [-0.25, -0.2) is 23.9 Å². The molecule has 0 bridgehead atoms. The van der Waals surface area contributed by atoms with Crippen LogP contribution in [0.4, 0.5) is 10.2 Å². The molecule has 42 heavy (non-hydrogen) atoms. The second kappa shape index (κ2) is 12.8. The van der Waals surface area contributed by atoms with Crippen LogP contribution in [0.1, 0.15) is 32.8 Å². The number of esters is 1. The van der Waals surface area contributed by atoms with Gasteiger partial charge in [-0.05, 0) is 39.8 Å². The molecule has 230 valence electrons. The van der Waals surface area contributed by atoms with Crippen molar-refractivity contribution < 1.29 is 37.4 Å². The van der Waals surface area contributed by atoms with Crippen LogP contribution in [0.25, 0.3) is 11.2 Å². The Kier molecular flexibility index (Phi) is 9.75. The summed E-state index contributed by atoms with van der Waals surface area (Å²) in [4.78, 5) is 27.3. The summed E-state index contributed by atoms with van der Waals surface area (Å²) in [5.74, 6) is -0.0231. The molecule has 6 atom stereocenters. The molecule has 0 aliphatic carbocycles. The molecule has 0 spiro atoms. The zero-order valence-corrected chi connectivity index (χ0v) is 25.8. The van der Waals surface area contributed by atoms with Gasteiger partial charge in [0, 0.05) is 14.1 Å². The maximum Gasteiger partial charge on any atom is 0.459 e. The average molecular weight is 629 g/mol. The van der Waals surface area contributed by atoms with E-state index >= 15 is 4.39 Å². The third-order valence-electron chi connectivity index (χ3n) is 6.41. The number of aryl methyl sites for hydroxylation is 1. The topological polar surface area (TPSA) is 150 Å². The highest BCUT2D eigenvalue weighted by molar-refractivity contribution is 7.52. The zero-order valence-electron chi connectivity index (χ0n) is 24.1. The van der Waals surface area contributed by atoms with Gasteiger partial charge in [-0.2, -0.15) is 5.09 Å². The Balaban J connectivity index is 1.62. The lowest BCUT2D eigenvalue weighted by Gasteiger charge is -2.31. The predicted octanol–water partition coefficient (Wildman–Crippen LogP) is 3.54. The Morgan fingerprint density at radius 1 is 1.29 bits per heavy atom. The number of imidazole rings is 1. The summed E-state index contributed by atoms with van der Waals surface area (Å²) in [5.41, 5.74) is -1.18. The van der Waals surface area contributed by atoms with E-state index in [2.05, 4.69) is 20.0 Å². The summed E-state index contributed by atoms with van der Waals surface area (Å²) in [6.45, 7) is 5.80. The van der Waals surface area contributed by atoms with Crippen molar-refractivity contribution in [3.05, 3.63) is 42.5 Å². The van der Waals surface area contributed by atoms with E-state index in [1.165, 1.54) is 30.0 Å². The van der Waals surface area contributed by atoms with Crippen LogP contribution < -0.4 is 14.5 Å². The third-order valence-corrected chi connectivity index (χ3v) is 8.49. The van der Waals surface area contributed by atoms with Crippen LogP contribution in [0.3, 0.4) is 0 Å². The van der Waals surface area contributed by atoms with E-state index in [1.54, 1.807) is 58.0 Å². The standard InChI is InChI=1S/C26H35ClFN6O7P/c1-15(2)39-25(36)16(3)32-42(37,41-18-10-8-7-9-11-18)38-13-26(12-27)21(35)19(28)24(40-26)34-14-29-20-22(33(5)6)30-17(4)31-23(20)34/h7-11,14-16,19,21,24,35H,12-13H2,1-6H3,(H,32,37)/t16-,19-,21+,24-,26-,42-/m1/s1. The molecule has 1 aliphatic rings. The van der Waals surface area contributed by atoms with Crippen molar-refractivity contribution in [2.24, 2.45) is 0 Å². The van der Waals surface area contributed by atoms with Gasteiger partial charge < -0.3 is 24.0 Å². The quantitative estimate of drug-likeness (QED) is 0.172. The Hall–Kier alpha value is -2.87. The molecule has 4 rings (SSSR count). The number of aliphatic hydroxyl groups is 1. The van der Waals surface area contributed by atoms with Crippen molar-refractivity contribution in [2.75, 3.05) is 31.5 Å². The zero-order chi connectivity index (χ0) is 30.8. The van der Waals surface area contributed by atoms with Crippen molar-refractivity contribution in [2.45, 2.75) is 63.9 Å². The molecule has 1 aromatic carbocycles. The first-order chi connectivity index (χ1) is 19.8. The van der Waals surface area contributed by atoms with Gasteiger partial charge in [-0.15, -0.1) is 11.6 Å². The fourth-order valence-electron chi connectivity index (χ4n) is 4.33. The maximum absolute atomic E-state index is 15.7. The van der Waals surface area contributed by atoms with E-state index in [9.17, 15) is 14.5 Å². The number of alkyl halides is 2. The minimum atomic E-state index is -4.36. The number of fused-ring (bicyclic) bond motifs is 1. The largest absolute Gasteiger partial charge is 0.462 e. The molecule has 1 aliphatic heterocycles. The lowest BCUT2D eigenvalue weighted by atomic mass is 9.99. The highest BCUT2D eigenvalue weighted by Crippen LogP contribution is 2.49. The fourth-order valence-corrected chi connectivity index (χ4v) is 6.18. The lowest BCUT2D eigenvalue weighted by Crippen LogP contribution is -2.48. The van der Waals surface area contributed by atoms with E-state index in [1.807, 2.05) is 0 Å². The number of ether oxygens (including phenoxy) is 2. The smallest absolute Gasteiger partial charge is 0.459 e. The molecule has 13 nitrogen and oxygen atoms in total. The Morgan fingerprint density at radius 2 is 1.98 bits per heavy atom. The number of aliphatic hydroxyl groups excluding tert-OH is 1. The molecule has 0 unspecified atom stereocenters. The normalized spacial score (nSPS) is 24.5. The first-order valence-electron chi connectivity index (χ1n) is 13.2. The van der Waals surface area contributed by atoms with Gasteiger partial charge in [0.1, 0.15) is 29.3 Å². The average Bonchev–Trinajstić information content (AvgIpc) is 3.45. The van der Waals surface area contributed by atoms with Gasteiger partial charge in [0.25, 0.3) is 0 Å². The number of carbonyl (C=O) groups is 1. The predicted molar refractivity (Wildman–Crippen MR) is 153 cm³/mol. The molecule has 2 aromatic heterocycles. The van der Waals surface area contributed by atoms with Gasteiger partial charge in [-0.3, -0.25) is 13.9 Å². The van der Waals surface area contributed by atoms with Gasteiger partial charge >= 0.3 is 13.7 Å². The van der Waals surface area contributed by atoms with Crippen molar-refractivity contribution in [3.8, 4) is 5.75 Å². The Morgan fingerprint density at radius 3 is 2.60 bits per heavy atom. The van der Waals surface area contributed by atoms with Crippen molar-refractivity contribution >= 4 is 42.3 Å². The van der Waals surface area contributed by atoms with Crippen LogP contribution in [0, 0.1) is 6.92 Å². The van der Waals surface area contributed by atoms with E-state index in [4.69, 9.17) is 30.1 Å². The highest BCUT2D eigenvalue weighted by Gasteiger charge is 2.57. The molecule has 0 amide bonds. The van der Waals surface area contributed by atoms with Crippen LogP contribution in [-0.2, 0) is 23.4 Å². The summed E-state index contributed by atoms with van der Waals surface area (Å²) in [6.07, 6.45) is -4.28. The Labute approximate surface area is 247 Å². The van der Waals surface area contributed by atoms with E-state index in [0.29, 0.717) is 17.2 Å². The molecule has 3 heterocycles. The molecule has 1 saturated heterocycles. The highest BCUT2D eigenvalue weighted by atomic mass is 35.5. The van der Waals surface area contributed by atoms with Crippen LogP contribution in [0.2, 0.25) is 0 Å². The van der Waals surface area contributed by atoms with Crippen molar-refractivity contribution in [1.29, 1.82) is 0 Å². The van der Waals surface area contributed by atoms with Crippen molar-refractivity contribution in [1.82, 2.24) is 24.6 Å². The maximum atomic E-state index is 15.7. The third kappa shape index (κ3) is 6.69. The molecule has 2 N–H and O–H groups in total. The molecular formula is C26H35ClFN6O7P. The number of carbonyl (C=O) groups excluding carboxylic acids is 1. The first-order valence-corrected chi connectivity index (χ1v) is 15.3. The van der Waals surface area contributed by atoms with Gasteiger partial charge in [0.2, 0.25) is 0 Å². The van der Waals surface area contributed by atoms with Gasteiger partial charge in [-0.1, -0.05) is 18.2 Å². The van der Waals surface area contributed by atoms with Crippen LogP contribution >= 0.6 is 19.3 Å². The van der Waals surface area contributed by atoms with Crippen LogP contribution in [0.15, 0.2) is 36.7 Å². The summed E-state index contributed by atoms with van der Waals surface area (Å²) < 4.78 is 53.6. The summed E-state index contributed by atoms with van der Waals surface area (Å²) in [5, 5.41) is 13.6. The number of nitrogens with zero attached hydrogens (tertiary/aromatic N) is 5.